The Morgan fingerprint density at radius 2 is 1.80 bits per heavy atom. The molecule has 5 heteroatoms. The lowest BCUT2D eigenvalue weighted by Crippen LogP contribution is -2.15. The second kappa shape index (κ2) is 5.46. The van der Waals surface area contributed by atoms with Gasteiger partial charge in [-0.1, -0.05) is 29.8 Å². The number of hydrogen-bond acceptors (Lipinski definition) is 1. The van der Waals surface area contributed by atoms with Gasteiger partial charge in [0.25, 0.3) is 0 Å². The highest BCUT2D eigenvalue weighted by Gasteiger charge is 2.30. The van der Waals surface area contributed by atoms with Crippen LogP contribution in [-0.4, -0.2) is 0 Å². The number of aryl methyl sites for hydroxylation is 1. The number of nitrogens with two attached hydrogens (primary N) is 1. The molecule has 20 heavy (non-hydrogen) atoms. The van der Waals surface area contributed by atoms with Gasteiger partial charge in [0, 0.05) is 5.02 Å². The molecule has 106 valence electrons. The monoisotopic (exact) mass is 299 g/mol. The summed E-state index contributed by atoms with van der Waals surface area (Å²) in [7, 11) is 0. The van der Waals surface area contributed by atoms with Crippen LogP contribution in [0.4, 0.5) is 13.2 Å². The molecule has 0 heterocycles. The number of hydrogen-bond donors (Lipinski definition) is 1. The van der Waals surface area contributed by atoms with Crippen molar-refractivity contribution in [3.05, 3.63) is 69.7 Å². The quantitative estimate of drug-likeness (QED) is 0.853. The zero-order valence-electron chi connectivity index (χ0n) is 10.7. The zero-order valence-corrected chi connectivity index (χ0v) is 11.5. The van der Waals surface area contributed by atoms with Crippen molar-refractivity contribution in [1.29, 1.82) is 0 Å². The highest BCUT2D eigenvalue weighted by atomic mass is 35.5. The predicted molar refractivity (Wildman–Crippen MR) is 73.7 cm³/mol. The van der Waals surface area contributed by atoms with Crippen LogP contribution in [0, 0.1) is 6.92 Å². The van der Waals surface area contributed by atoms with E-state index in [-0.39, 0.29) is 0 Å². The maximum absolute atomic E-state index is 12.7. The molecule has 0 radical (unpaired) electrons. The van der Waals surface area contributed by atoms with Gasteiger partial charge in [-0.2, -0.15) is 13.2 Å². The Hall–Kier alpha value is -1.52. The number of alkyl halides is 3. The van der Waals surface area contributed by atoms with Crippen LogP contribution in [0.1, 0.15) is 28.3 Å². The molecule has 0 saturated heterocycles. The number of benzene rings is 2. The van der Waals surface area contributed by atoms with Crippen LogP contribution in [0.5, 0.6) is 0 Å². The molecule has 0 amide bonds. The molecular weight excluding hydrogens is 287 g/mol. The smallest absolute Gasteiger partial charge is 0.320 e. The van der Waals surface area contributed by atoms with Gasteiger partial charge in [-0.3, -0.25) is 0 Å². The predicted octanol–water partition coefficient (Wildman–Crippen LogP) is 4.72. The van der Waals surface area contributed by atoms with Crippen molar-refractivity contribution in [2.75, 3.05) is 0 Å². The minimum Gasteiger partial charge on any atom is -0.320 e. The van der Waals surface area contributed by atoms with E-state index in [0.717, 1.165) is 23.3 Å². The summed E-state index contributed by atoms with van der Waals surface area (Å²) >= 11 is 5.92. The van der Waals surface area contributed by atoms with Gasteiger partial charge in [0.2, 0.25) is 0 Å². The molecule has 0 aliphatic heterocycles. The molecule has 1 nitrogen and oxygen atoms in total. The molecule has 2 aromatic rings. The fraction of sp³-hybridized carbons (Fsp3) is 0.200. The average Bonchev–Trinajstić information content (AvgIpc) is 2.40. The molecule has 1 atom stereocenters. The minimum atomic E-state index is -4.38. The van der Waals surface area contributed by atoms with Crippen molar-refractivity contribution >= 4 is 11.6 Å². The summed E-state index contributed by atoms with van der Waals surface area (Å²) in [5, 5.41) is 0.507. The normalized spacial score (nSPS) is 13.3. The molecule has 0 saturated carbocycles. The minimum absolute atomic E-state index is 0.408. The van der Waals surface area contributed by atoms with Crippen LogP contribution in [0.3, 0.4) is 0 Å². The molecule has 0 spiro atoms. The fourth-order valence-electron chi connectivity index (χ4n) is 2.03. The van der Waals surface area contributed by atoms with Crippen molar-refractivity contribution in [3.63, 3.8) is 0 Å². The van der Waals surface area contributed by atoms with Gasteiger partial charge in [0.1, 0.15) is 0 Å². The Morgan fingerprint density at radius 1 is 1.10 bits per heavy atom. The van der Waals surface area contributed by atoms with Crippen LogP contribution < -0.4 is 5.73 Å². The molecule has 0 aromatic heterocycles. The highest BCUT2D eigenvalue weighted by molar-refractivity contribution is 6.30. The SMILES string of the molecule is Cc1ccc(Cl)cc1C(N)c1cccc(C(F)(F)F)c1. The first-order valence-corrected chi connectivity index (χ1v) is 6.35. The molecule has 0 fully saturated rings. The molecule has 0 aliphatic carbocycles. The number of rotatable bonds is 2. The second-order valence-electron chi connectivity index (χ2n) is 4.60. The first-order valence-electron chi connectivity index (χ1n) is 5.98. The van der Waals surface area contributed by atoms with E-state index in [1.54, 1.807) is 24.3 Å². The van der Waals surface area contributed by atoms with E-state index in [9.17, 15) is 13.2 Å². The van der Waals surface area contributed by atoms with Crippen molar-refractivity contribution in [2.45, 2.75) is 19.1 Å². The average molecular weight is 300 g/mol. The molecule has 2 aromatic carbocycles. The van der Waals surface area contributed by atoms with E-state index in [1.165, 1.54) is 6.07 Å². The van der Waals surface area contributed by atoms with Crippen LogP contribution in [-0.2, 0) is 6.18 Å². The largest absolute Gasteiger partial charge is 0.416 e. The van der Waals surface area contributed by atoms with Gasteiger partial charge in [0.15, 0.2) is 0 Å². The third kappa shape index (κ3) is 3.14. The zero-order chi connectivity index (χ0) is 14.9. The van der Waals surface area contributed by atoms with Crippen molar-refractivity contribution < 1.29 is 13.2 Å². The van der Waals surface area contributed by atoms with E-state index in [1.807, 2.05) is 6.92 Å². The van der Waals surface area contributed by atoms with E-state index >= 15 is 0 Å². The summed E-state index contributed by atoms with van der Waals surface area (Å²) in [6.07, 6.45) is -4.38. The maximum atomic E-state index is 12.7. The fourth-order valence-corrected chi connectivity index (χ4v) is 2.21. The lowest BCUT2D eigenvalue weighted by Gasteiger charge is -2.17. The topological polar surface area (TPSA) is 26.0 Å². The molecular formula is C15H13ClF3N. The van der Waals surface area contributed by atoms with Gasteiger partial charge in [-0.15, -0.1) is 0 Å². The summed E-state index contributed by atoms with van der Waals surface area (Å²) in [6.45, 7) is 1.85. The molecule has 2 N–H and O–H groups in total. The van der Waals surface area contributed by atoms with Crippen LogP contribution in [0.2, 0.25) is 5.02 Å². The Balaban J connectivity index is 2.43. The maximum Gasteiger partial charge on any atom is 0.416 e. The summed E-state index contributed by atoms with van der Waals surface area (Å²) in [5.41, 5.74) is 7.38. The summed E-state index contributed by atoms with van der Waals surface area (Å²) < 4.78 is 38.1. The van der Waals surface area contributed by atoms with Gasteiger partial charge in [-0.05, 0) is 47.9 Å². The molecule has 2 rings (SSSR count). The lowest BCUT2D eigenvalue weighted by atomic mass is 9.94. The van der Waals surface area contributed by atoms with Crippen molar-refractivity contribution in [3.8, 4) is 0 Å². The lowest BCUT2D eigenvalue weighted by molar-refractivity contribution is -0.137. The summed E-state index contributed by atoms with van der Waals surface area (Å²) in [5.74, 6) is 0. The van der Waals surface area contributed by atoms with Crippen molar-refractivity contribution in [1.82, 2.24) is 0 Å². The van der Waals surface area contributed by atoms with Crippen LogP contribution in [0.25, 0.3) is 0 Å². The first kappa shape index (κ1) is 14.9. The Labute approximate surface area is 120 Å². The van der Waals surface area contributed by atoms with Gasteiger partial charge < -0.3 is 5.73 Å². The highest BCUT2D eigenvalue weighted by Crippen LogP contribution is 2.32. The van der Waals surface area contributed by atoms with Crippen LogP contribution >= 0.6 is 11.6 Å². The third-order valence-corrected chi connectivity index (χ3v) is 3.38. The first-order chi connectivity index (χ1) is 9.29. The van der Waals surface area contributed by atoms with Gasteiger partial charge in [-0.25, -0.2) is 0 Å². The molecule has 1 unspecified atom stereocenters. The second-order valence-corrected chi connectivity index (χ2v) is 5.04. The summed E-state index contributed by atoms with van der Waals surface area (Å²) in [4.78, 5) is 0. The standard InChI is InChI=1S/C15H13ClF3N/c1-9-5-6-12(16)8-13(9)14(20)10-3-2-4-11(7-10)15(17,18)19/h2-8,14H,20H2,1H3. The summed E-state index contributed by atoms with van der Waals surface area (Å²) in [6, 6.07) is 9.60. The van der Waals surface area contributed by atoms with Gasteiger partial charge in [0.05, 0.1) is 11.6 Å². The van der Waals surface area contributed by atoms with Gasteiger partial charge >= 0.3 is 6.18 Å². The third-order valence-electron chi connectivity index (χ3n) is 3.15. The molecule has 0 bridgehead atoms. The number of halogens is 4. The van der Waals surface area contributed by atoms with E-state index < -0.39 is 17.8 Å². The Morgan fingerprint density at radius 3 is 2.45 bits per heavy atom. The Bertz CT molecular complexity index is 623. The van der Waals surface area contributed by atoms with E-state index in [4.69, 9.17) is 17.3 Å². The van der Waals surface area contributed by atoms with E-state index in [2.05, 4.69) is 0 Å². The van der Waals surface area contributed by atoms with E-state index in [0.29, 0.717) is 10.6 Å². The molecule has 0 aliphatic rings. The van der Waals surface area contributed by atoms with Crippen molar-refractivity contribution in [2.24, 2.45) is 5.73 Å². The Kier molecular flexibility index (Phi) is 4.06. The van der Waals surface area contributed by atoms with Crippen LogP contribution in [0.15, 0.2) is 42.5 Å².